The maximum absolute atomic E-state index is 12.7. The second-order valence-corrected chi connectivity index (χ2v) is 8.17. The van der Waals surface area contributed by atoms with Crippen molar-refractivity contribution in [2.24, 2.45) is 11.8 Å². The van der Waals surface area contributed by atoms with E-state index in [0.29, 0.717) is 5.92 Å². The molecule has 208 valence electrons. The molecule has 0 aliphatic carbocycles. The molecule has 0 radical (unpaired) electrons. The van der Waals surface area contributed by atoms with E-state index >= 15 is 0 Å². The van der Waals surface area contributed by atoms with Crippen LogP contribution in [0.5, 0.6) is 5.75 Å². The number of anilines is 1. The molecular formula is C23H23F6N3O6. The van der Waals surface area contributed by atoms with E-state index in [1.807, 2.05) is 29.2 Å². The summed E-state index contributed by atoms with van der Waals surface area (Å²) in [5.74, 6) is -3.87. The molecule has 3 heterocycles. The predicted octanol–water partition coefficient (Wildman–Crippen LogP) is 3.45. The Kier molecular flexibility index (Phi) is 10.0. The number of hydrogen-bond donors (Lipinski definition) is 2. The normalized spacial score (nSPS) is 19.0. The summed E-state index contributed by atoms with van der Waals surface area (Å²) in [6.07, 6.45) is -6.66. The molecule has 2 fully saturated rings. The number of carboxylic acid groups (broad SMARTS) is 2. The number of rotatable bonds is 4. The lowest BCUT2D eigenvalue weighted by molar-refractivity contribution is -0.193. The van der Waals surface area contributed by atoms with Gasteiger partial charge in [-0.25, -0.2) is 9.59 Å². The number of alkyl halides is 6. The van der Waals surface area contributed by atoms with Crippen LogP contribution in [-0.4, -0.2) is 77.0 Å². The molecule has 0 saturated carbocycles. The monoisotopic (exact) mass is 551 g/mol. The number of hydrogen-bond acceptors (Lipinski definition) is 6. The third-order valence-electron chi connectivity index (χ3n) is 5.52. The van der Waals surface area contributed by atoms with Gasteiger partial charge in [-0.2, -0.15) is 26.3 Å². The Bertz CT molecular complexity index is 1070. The van der Waals surface area contributed by atoms with Gasteiger partial charge in [-0.05, 0) is 29.8 Å². The average molecular weight is 551 g/mol. The largest absolute Gasteiger partial charge is 0.497 e. The standard InChI is InChI=1S/C19H21N3O2.2C2HF3O2/c1-24-17-6-4-14(5-7-17)10-21-11-15-12-22(19(23)18(15)13-21)16-3-2-8-20-9-16;2*3-2(4,5)1(6)7/h2-9,15,18H,10-13H2,1H3;2*(H,6,7)/t15-,18-;;/m0../s1. The van der Waals surface area contributed by atoms with Crippen LogP contribution in [0.25, 0.3) is 0 Å². The molecule has 2 aromatic rings. The number of pyridine rings is 1. The zero-order chi connectivity index (χ0) is 28.7. The van der Waals surface area contributed by atoms with Crippen molar-refractivity contribution in [3.05, 3.63) is 54.4 Å². The molecule has 1 aromatic carbocycles. The van der Waals surface area contributed by atoms with Gasteiger partial charge in [0.05, 0.1) is 24.9 Å². The zero-order valence-electron chi connectivity index (χ0n) is 19.7. The average Bonchev–Trinajstić information content (AvgIpc) is 3.38. The highest BCUT2D eigenvalue weighted by molar-refractivity contribution is 5.97. The fourth-order valence-electron chi connectivity index (χ4n) is 3.81. The minimum absolute atomic E-state index is 0.114. The molecule has 4 rings (SSSR count). The number of nitrogens with zero attached hydrogens (tertiary/aromatic N) is 3. The fraction of sp³-hybridized carbons (Fsp3) is 0.391. The maximum atomic E-state index is 12.7. The molecule has 15 heteroatoms. The second kappa shape index (κ2) is 12.6. The molecule has 2 aliphatic heterocycles. The third kappa shape index (κ3) is 8.61. The van der Waals surface area contributed by atoms with Gasteiger partial charge in [0.1, 0.15) is 5.75 Å². The predicted molar refractivity (Wildman–Crippen MR) is 119 cm³/mol. The number of carbonyl (C=O) groups is 3. The summed E-state index contributed by atoms with van der Waals surface area (Å²) in [6.45, 7) is 3.50. The highest BCUT2D eigenvalue weighted by Crippen LogP contribution is 2.35. The summed E-state index contributed by atoms with van der Waals surface area (Å²) in [5, 5.41) is 14.2. The SMILES string of the molecule is COc1ccc(CN2C[C@H]3CN(c4cccnc4)C(=O)[C@H]3C2)cc1.O=C(O)C(F)(F)F.O=C(O)C(F)(F)F. The van der Waals surface area contributed by atoms with E-state index in [1.165, 1.54) is 5.56 Å². The first-order valence-corrected chi connectivity index (χ1v) is 10.8. The Hall–Kier alpha value is -3.88. The van der Waals surface area contributed by atoms with Crippen molar-refractivity contribution < 1.29 is 55.7 Å². The van der Waals surface area contributed by atoms with Crippen molar-refractivity contribution >= 4 is 23.5 Å². The van der Waals surface area contributed by atoms with E-state index in [0.717, 1.165) is 37.6 Å². The molecule has 1 aromatic heterocycles. The first-order chi connectivity index (χ1) is 17.6. The van der Waals surface area contributed by atoms with Gasteiger partial charge in [-0.1, -0.05) is 12.1 Å². The fourth-order valence-corrected chi connectivity index (χ4v) is 3.81. The lowest BCUT2D eigenvalue weighted by Crippen LogP contribution is -2.32. The number of carbonyl (C=O) groups excluding carboxylic acids is 1. The van der Waals surface area contributed by atoms with Crippen LogP contribution in [0.1, 0.15) is 5.56 Å². The zero-order valence-corrected chi connectivity index (χ0v) is 19.7. The molecule has 2 saturated heterocycles. The Morgan fingerprint density at radius 1 is 0.974 bits per heavy atom. The second-order valence-electron chi connectivity index (χ2n) is 8.17. The molecule has 38 heavy (non-hydrogen) atoms. The summed E-state index contributed by atoms with van der Waals surface area (Å²) in [6, 6.07) is 12.0. The van der Waals surface area contributed by atoms with Crippen molar-refractivity contribution in [2.45, 2.75) is 18.9 Å². The molecule has 2 aliphatic rings. The van der Waals surface area contributed by atoms with Gasteiger partial charge in [0.25, 0.3) is 0 Å². The summed E-state index contributed by atoms with van der Waals surface area (Å²) >= 11 is 0. The van der Waals surface area contributed by atoms with Crippen LogP contribution in [0, 0.1) is 11.8 Å². The van der Waals surface area contributed by atoms with Crippen LogP contribution >= 0.6 is 0 Å². The first kappa shape index (κ1) is 30.3. The van der Waals surface area contributed by atoms with Crippen LogP contribution in [0.2, 0.25) is 0 Å². The molecule has 0 spiro atoms. The number of fused-ring (bicyclic) bond motifs is 1. The van der Waals surface area contributed by atoms with Gasteiger partial charge < -0.3 is 19.8 Å². The highest BCUT2D eigenvalue weighted by atomic mass is 19.4. The van der Waals surface area contributed by atoms with Gasteiger partial charge in [0, 0.05) is 38.3 Å². The van der Waals surface area contributed by atoms with Crippen molar-refractivity contribution in [3.8, 4) is 5.75 Å². The number of carboxylic acids is 2. The molecule has 0 unspecified atom stereocenters. The van der Waals surface area contributed by atoms with Crippen molar-refractivity contribution in [1.29, 1.82) is 0 Å². The summed E-state index contributed by atoms with van der Waals surface area (Å²) < 4.78 is 68.7. The van der Waals surface area contributed by atoms with Gasteiger partial charge in [0.15, 0.2) is 0 Å². The van der Waals surface area contributed by atoms with Crippen molar-refractivity contribution in [3.63, 3.8) is 0 Å². The van der Waals surface area contributed by atoms with Gasteiger partial charge in [-0.3, -0.25) is 14.7 Å². The van der Waals surface area contributed by atoms with Gasteiger partial charge in [-0.15, -0.1) is 0 Å². The van der Waals surface area contributed by atoms with E-state index in [-0.39, 0.29) is 11.8 Å². The minimum Gasteiger partial charge on any atom is -0.497 e. The highest BCUT2D eigenvalue weighted by Gasteiger charge is 2.46. The van der Waals surface area contributed by atoms with Gasteiger partial charge in [0.2, 0.25) is 5.91 Å². The number of aromatic nitrogens is 1. The van der Waals surface area contributed by atoms with Gasteiger partial charge >= 0.3 is 24.3 Å². The summed E-state index contributed by atoms with van der Waals surface area (Å²) in [4.78, 5) is 38.9. The summed E-state index contributed by atoms with van der Waals surface area (Å²) in [5.41, 5.74) is 2.17. The van der Waals surface area contributed by atoms with E-state index < -0.39 is 24.3 Å². The van der Waals surface area contributed by atoms with Crippen LogP contribution in [0.4, 0.5) is 32.0 Å². The van der Waals surface area contributed by atoms with E-state index in [1.54, 1.807) is 19.5 Å². The quantitative estimate of drug-likeness (QED) is 0.555. The molecular weight excluding hydrogens is 528 g/mol. The minimum atomic E-state index is -5.08. The van der Waals surface area contributed by atoms with Crippen LogP contribution < -0.4 is 9.64 Å². The van der Waals surface area contributed by atoms with Crippen LogP contribution in [0.15, 0.2) is 48.8 Å². The first-order valence-electron chi connectivity index (χ1n) is 10.8. The molecule has 9 nitrogen and oxygen atoms in total. The smallest absolute Gasteiger partial charge is 0.490 e. The number of likely N-dealkylation sites (tertiary alicyclic amines) is 1. The summed E-state index contributed by atoms with van der Waals surface area (Å²) in [7, 11) is 1.68. The number of methoxy groups -OCH3 is 1. The van der Waals surface area contributed by atoms with Crippen molar-refractivity contribution in [2.75, 3.05) is 31.6 Å². The van der Waals surface area contributed by atoms with E-state index in [2.05, 4.69) is 22.0 Å². The lowest BCUT2D eigenvalue weighted by atomic mass is 10.0. The Morgan fingerprint density at radius 3 is 1.95 bits per heavy atom. The molecule has 2 atom stereocenters. The molecule has 2 N–H and O–H groups in total. The number of halogens is 6. The Labute approximate surface area is 212 Å². The Balaban J connectivity index is 0.000000301. The maximum Gasteiger partial charge on any atom is 0.490 e. The van der Waals surface area contributed by atoms with E-state index in [4.69, 9.17) is 24.5 Å². The lowest BCUT2D eigenvalue weighted by Gasteiger charge is -2.21. The number of ether oxygens (including phenoxy) is 1. The third-order valence-corrected chi connectivity index (χ3v) is 5.52. The van der Waals surface area contributed by atoms with E-state index in [9.17, 15) is 31.1 Å². The molecule has 1 amide bonds. The van der Waals surface area contributed by atoms with Crippen molar-refractivity contribution in [1.82, 2.24) is 9.88 Å². The van der Waals surface area contributed by atoms with Crippen LogP contribution in [0.3, 0.4) is 0 Å². The Morgan fingerprint density at radius 2 is 1.53 bits per heavy atom. The van der Waals surface area contributed by atoms with Crippen LogP contribution in [-0.2, 0) is 20.9 Å². The number of aliphatic carboxylic acids is 2. The number of amides is 1. The molecule has 0 bridgehead atoms. The topological polar surface area (TPSA) is 120 Å². The number of benzene rings is 1.